The summed E-state index contributed by atoms with van der Waals surface area (Å²) in [5.41, 5.74) is 1.87. The molecule has 0 spiro atoms. The lowest BCUT2D eigenvalue weighted by molar-refractivity contribution is -0.677. The summed E-state index contributed by atoms with van der Waals surface area (Å²) in [5.74, 6) is 0.495. The van der Waals surface area contributed by atoms with Gasteiger partial charge in [-0.15, -0.1) is 0 Å². The van der Waals surface area contributed by atoms with Crippen LogP contribution in [0.15, 0.2) is 83.1 Å². The highest BCUT2D eigenvalue weighted by Gasteiger charge is 2.29. The molecule has 2 N–H and O–H groups in total. The van der Waals surface area contributed by atoms with Gasteiger partial charge in [0, 0.05) is 40.6 Å². The lowest BCUT2D eigenvalue weighted by Crippen LogP contribution is -2.36. The van der Waals surface area contributed by atoms with E-state index in [9.17, 15) is 25.9 Å². The Morgan fingerprint density at radius 1 is 0.822 bits per heavy atom. The Bertz CT molecular complexity index is 2250. The number of rotatable bonds is 10. The van der Waals surface area contributed by atoms with Gasteiger partial charge in [-0.25, -0.2) is 0 Å². The van der Waals surface area contributed by atoms with Gasteiger partial charge in [-0.3, -0.25) is 9.11 Å². The third kappa shape index (κ3) is 6.67. The molecule has 0 fully saturated rings. The average Bonchev–Trinajstić information content (AvgIpc) is 3.50. The van der Waals surface area contributed by atoms with E-state index in [1.54, 1.807) is 39.8 Å². The second-order valence-corrected chi connectivity index (χ2v) is 14.5. The number of hydrogen-bond acceptors (Lipinski definition) is 7. The normalized spacial score (nSPS) is 14.8. The highest BCUT2D eigenvalue weighted by molar-refractivity contribution is 7.86. The van der Waals surface area contributed by atoms with Crippen molar-refractivity contribution in [3.05, 3.63) is 94.6 Å². The van der Waals surface area contributed by atoms with Gasteiger partial charge >= 0.3 is 5.89 Å². The molecule has 6 rings (SSSR count). The highest BCUT2D eigenvalue weighted by atomic mass is 35.5. The fourth-order valence-corrected chi connectivity index (χ4v) is 7.01. The molecule has 5 aromatic rings. The molecule has 0 amide bonds. The first-order chi connectivity index (χ1) is 21.4. The number of benzene rings is 4. The zero-order chi connectivity index (χ0) is 31.9. The SMILES string of the molecule is O=S(=O)(O)CCCN1C(=CC=Cc2oc3c4ccccc4c(Cl)cc3[n+]2CCCS(=O)(=O)O)Oc2c1cc(Cl)c1ccccc21. The van der Waals surface area contributed by atoms with Crippen LogP contribution >= 0.6 is 23.2 Å². The molecular weight excluding hydrogens is 663 g/mol. The second-order valence-electron chi connectivity index (χ2n) is 10.5. The molecule has 45 heavy (non-hydrogen) atoms. The van der Waals surface area contributed by atoms with Gasteiger partial charge in [0.2, 0.25) is 11.5 Å². The molecule has 0 saturated heterocycles. The second kappa shape index (κ2) is 12.3. The summed E-state index contributed by atoms with van der Waals surface area (Å²) in [6.45, 7) is 0.428. The number of hydrogen-bond donors (Lipinski definition) is 2. The zero-order valence-electron chi connectivity index (χ0n) is 23.6. The van der Waals surface area contributed by atoms with Gasteiger partial charge in [-0.1, -0.05) is 71.7 Å². The maximum atomic E-state index is 11.4. The third-order valence-electron chi connectivity index (χ3n) is 7.42. The molecule has 234 valence electrons. The van der Waals surface area contributed by atoms with Crippen LogP contribution in [0.25, 0.3) is 38.7 Å². The third-order valence-corrected chi connectivity index (χ3v) is 9.66. The first-order valence-corrected chi connectivity index (χ1v) is 17.9. The molecule has 10 nitrogen and oxygen atoms in total. The predicted octanol–water partition coefficient (Wildman–Crippen LogP) is 6.64. The number of oxazole rings is 1. The monoisotopic (exact) mass is 689 g/mol. The summed E-state index contributed by atoms with van der Waals surface area (Å²) in [4.78, 5) is 1.79. The van der Waals surface area contributed by atoms with Crippen molar-refractivity contribution in [3.8, 4) is 5.75 Å². The molecule has 0 atom stereocenters. The van der Waals surface area contributed by atoms with E-state index in [-0.39, 0.29) is 25.9 Å². The van der Waals surface area contributed by atoms with Gasteiger partial charge in [-0.2, -0.15) is 21.4 Å². The van der Waals surface area contributed by atoms with Crippen LogP contribution in [-0.4, -0.2) is 44.0 Å². The van der Waals surface area contributed by atoms with Gasteiger partial charge in [0.15, 0.2) is 12.3 Å². The molecule has 0 aliphatic carbocycles. The van der Waals surface area contributed by atoms with Gasteiger partial charge < -0.3 is 14.1 Å². The van der Waals surface area contributed by atoms with Crippen LogP contribution < -0.4 is 14.2 Å². The van der Waals surface area contributed by atoms with Crippen LogP contribution in [0.4, 0.5) is 5.69 Å². The average molecular weight is 691 g/mol. The van der Waals surface area contributed by atoms with Crippen molar-refractivity contribution < 1.29 is 39.7 Å². The maximum Gasteiger partial charge on any atom is 0.374 e. The van der Waals surface area contributed by atoms with E-state index in [0.29, 0.717) is 44.4 Å². The van der Waals surface area contributed by atoms with Gasteiger partial charge in [0.25, 0.3) is 25.8 Å². The molecule has 4 aromatic carbocycles. The van der Waals surface area contributed by atoms with Gasteiger partial charge in [0.05, 0.1) is 33.3 Å². The van der Waals surface area contributed by atoms with Crippen LogP contribution in [0.1, 0.15) is 18.7 Å². The molecule has 0 bridgehead atoms. The fraction of sp³-hybridized carbons (Fsp3) is 0.194. The van der Waals surface area contributed by atoms with Gasteiger partial charge in [-0.05, 0) is 24.6 Å². The van der Waals surface area contributed by atoms with Crippen LogP contribution in [0.2, 0.25) is 10.0 Å². The van der Waals surface area contributed by atoms with Crippen molar-refractivity contribution >= 4 is 87.8 Å². The van der Waals surface area contributed by atoms with Crippen LogP contribution in [-0.2, 0) is 26.8 Å². The first-order valence-electron chi connectivity index (χ1n) is 13.9. The van der Waals surface area contributed by atoms with Crippen LogP contribution in [0.3, 0.4) is 0 Å². The van der Waals surface area contributed by atoms with Crippen LogP contribution in [0.5, 0.6) is 5.75 Å². The molecule has 1 aliphatic heterocycles. The molecule has 2 heterocycles. The first kappa shape index (κ1) is 31.3. The summed E-state index contributed by atoms with van der Waals surface area (Å²) >= 11 is 13.2. The minimum atomic E-state index is -4.16. The zero-order valence-corrected chi connectivity index (χ0v) is 26.7. The summed E-state index contributed by atoms with van der Waals surface area (Å²) < 4.78 is 78.6. The molecule has 1 aromatic heterocycles. The lowest BCUT2D eigenvalue weighted by Gasteiger charge is -2.18. The van der Waals surface area contributed by atoms with E-state index < -0.39 is 31.7 Å². The Morgan fingerprint density at radius 3 is 2.11 bits per heavy atom. The number of nitrogens with zero attached hydrogens (tertiary/aromatic N) is 2. The topological polar surface area (TPSA) is 138 Å². The Morgan fingerprint density at radius 2 is 1.42 bits per heavy atom. The van der Waals surface area contributed by atoms with Crippen molar-refractivity contribution in [1.29, 1.82) is 0 Å². The minimum absolute atomic E-state index is 0.123. The van der Waals surface area contributed by atoms with Crippen molar-refractivity contribution in [2.24, 2.45) is 0 Å². The predicted molar refractivity (Wildman–Crippen MR) is 175 cm³/mol. The summed E-state index contributed by atoms with van der Waals surface area (Å²) in [5, 5.41) is 4.17. The Balaban J connectivity index is 1.40. The number of anilines is 1. The molecule has 14 heteroatoms. The largest absolute Gasteiger partial charge is 0.438 e. The number of aryl methyl sites for hydroxylation is 1. The standard InChI is InChI=1S/C31H26Cl2N2O8S2/c32-24-18-26-30(22-10-3-1-8-20(22)24)42-28(34(26)14-6-16-44(36,37)38)12-5-13-29-35(15-7-17-45(39,40)41)27-19-25(33)21-9-2-4-11-23(21)31(27)43-29/h1-5,8-13,18-19H,6-7,14-17H2,(H-,36,37,38,39,40,41)/p+1. The highest BCUT2D eigenvalue weighted by Crippen LogP contribution is 2.47. The summed E-state index contributed by atoms with van der Waals surface area (Å²) in [6, 6.07) is 18.5. The Kier molecular flexibility index (Phi) is 8.55. The number of allylic oxidation sites excluding steroid dienone is 2. The van der Waals surface area contributed by atoms with E-state index in [1.165, 1.54) is 0 Å². The molecule has 0 saturated carbocycles. The number of halogens is 2. The smallest absolute Gasteiger partial charge is 0.374 e. The Hall–Kier alpha value is -3.65. The quantitative estimate of drug-likeness (QED) is 0.122. The molecule has 0 radical (unpaired) electrons. The molecule has 0 unspecified atom stereocenters. The number of ether oxygens (including phenoxy) is 1. The lowest BCUT2D eigenvalue weighted by atomic mass is 10.1. The summed E-state index contributed by atoms with van der Waals surface area (Å²) in [7, 11) is -8.33. The molecule has 1 aliphatic rings. The van der Waals surface area contributed by atoms with E-state index in [1.807, 2.05) is 48.5 Å². The fourth-order valence-electron chi connectivity index (χ4n) is 5.49. The van der Waals surface area contributed by atoms with E-state index in [4.69, 9.17) is 32.4 Å². The van der Waals surface area contributed by atoms with Crippen molar-refractivity contribution in [2.75, 3.05) is 23.0 Å². The van der Waals surface area contributed by atoms with Crippen molar-refractivity contribution in [2.45, 2.75) is 19.4 Å². The van der Waals surface area contributed by atoms with Crippen molar-refractivity contribution in [3.63, 3.8) is 0 Å². The van der Waals surface area contributed by atoms with Gasteiger partial charge in [0.1, 0.15) is 0 Å². The number of aromatic nitrogens is 1. The van der Waals surface area contributed by atoms with E-state index >= 15 is 0 Å². The summed E-state index contributed by atoms with van der Waals surface area (Å²) in [6.07, 6.45) is 5.33. The van der Waals surface area contributed by atoms with E-state index in [2.05, 4.69) is 0 Å². The van der Waals surface area contributed by atoms with Crippen LogP contribution in [0, 0.1) is 0 Å². The van der Waals surface area contributed by atoms with Crippen molar-refractivity contribution in [1.82, 2.24) is 0 Å². The Labute approximate surface area is 269 Å². The molecular formula is C31H27Cl2N2O8S2+. The maximum absolute atomic E-state index is 11.4. The number of fused-ring (bicyclic) bond motifs is 6. The van der Waals surface area contributed by atoms with E-state index in [0.717, 1.165) is 21.5 Å². The minimum Gasteiger partial charge on any atom is -0.438 e.